The summed E-state index contributed by atoms with van der Waals surface area (Å²) in [6, 6.07) is 9.97. The lowest BCUT2D eigenvalue weighted by Crippen LogP contribution is -2.46. The molecule has 0 spiro atoms. The van der Waals surface area contributed by atoms with Crippen LogP contribution in [-0.2, 0) is 0 Å². The van der Waals surface area contributed by atoms with Crippen molar-refractivity contribution in [1.29, 1.82) is 5.26 Å². The predicted molar refractivity (Wildman–Crippen MR) is 133 cm³/mol. The van der Waals surface area contributed by atoms with Gasteiger partial charge in [-0.2, -0.15) is 5.26 Å². The summed E-state index contributed by atoms with van der Waals surface area (Å²) < 4.78 is 27.6. The Morgan fingerprint density at radius 1 is 0.886 bits per heavy atom. The van der Waals surface area contributed by atoms with E-state index < -0.39 is 0 Å². The number of nitrogens with one attached hydrogen (secondary N) is 1. The maximum Gasteiger partial charge on any atom is 0.203 e. The lowest BCUT2D eigenvalue weighted by atomic mass is 10.0. The van der Waals surface area contributed by atoms with Crippen LogP contribution in [0.5, 0.6) is 28.7 Å². The third kappa shape index (κ3) is 4.33. The van der Waals surface area contributed by atoms with Crippen LogP contribution in [0, 0.1) is 18.3 Å². The van der Waals surface area contributed by atoms with Crippen molar-refractivity contribution in [3.05, 3.63) is 41.1 Å². The predicted octanol–water partition coefficient (Wildman–Crippen LogP) is 3.61. The van der Waals surface area contributed by atoms with E-state index in [1.54, 1.807) is 35.5 Å². The van der Waals surface area contributed by atoms with Gasteiger partial charge in [0.05, 0.1) is 52.8 Å². The topological polar surface area (TPSA) is 98.1 Å². The van der Waals surface area contributed by atoms with E-state index in [1.807, 2.05) is 31.2 Å². The average molecular weight is 479 g/mol. The van der Waals surface area contributed by atoms with E-state index in [1.165, 1.54) is 0 Å². The molecule has 0 saturated carbocycles. The molecule has 1 atom stereocenters. The third-order valence-electron chi connectivity index (χ3n) is 6.35. The summed E-state index contributed by atoms with van der Waals surface area (Å²) in [5.41, 5.74) is 2.21. The summed E-state index contributed by atoms with van der Waals surface area (Å²) in [4.78, 5) is 7.09. The fraction of sp³-hybridized carbons (Fsp3) is 0.385. The Morgan fingerprint density at radius 3 is 2.03 bits per heavy atom. The molecule has 3 aromatic rings. The molecule has 1 unspecified atom stereocenters. The van der Waals surface area contributed by atoms with Gasteiger partial charge in [0.1, 0.15) is 11.9 Å². The second-order valence-electron chi connectivity index (χ2n) is 8.17. The molecule has 2 aromatic carbocycles. The zero-order chi connectivity index (χ0) is 25.1. The molecule has 1 N–H and O–H groups in total. The quantitative estimate of drug-likeness (QED) is 0.546. The van der Waals surface area contributed by atoms with E-state index >= 15 is 0 Å². The number of nitrogens with zero attached hydrogens (tertiary/aromatic N) is 3. The number of fused-ring (bicyclic) bond motifs is 1. The lowest BCUT2D eigenvalue weighted by Gasteiger charge is -2.36. The van der Waals surface area contributed by atoms with Crippen LogP contribution >= 0.6 is 0 Å². The highest BCUT2D eigenvalue weighted by molar-refractivity contribution is 5.98. The second kappa shape index (κ2) is 10.2. The zero-order valence-electron chi connectivity index (χ0n) is 20.9. The third-order valence-corrected chi connectivity index (χ3v) is 6.35. The summed E-state index contributed by atoms with van der Waals surface area (Å²) >= 11 is 0. The molecule has 0 amide bonds. The van der Waals surface area contributed by atoms with E-state index in [2.05, 4.69) is 16.3 Å². The van der Waals surface area contributed by atoms with Gasteiger partial charge in [-0.25, -0.2) is 4.98 Å². The summed E-state index contributed by atoms with van der Waals surface area (Å²) in [5, 5.41) is 15.0. The molecule has 1 aromatic heterocycles. The Hall–Kier alpha value is -3.90. The molecule has 0 radical (unpaired) electrons. The molecule has 0 bridgehead atoms. The number of piperazine rings is 1. The van der Waals surface area contributed by atoms with Crippen LogP contribution in [0.2, 0.25) is 0 Å². The number of nitriles is 1. The molecule has 35 heavy (non-hydrogen) atoms. The minimum Gasteiger partial charge on any atom is -0.493 e. The van der Waals surface area contributed by atoms with Crippen LogP contribution in [0.4, 0.5) is 5.82 Å². The Bertz CT molecular complexity index is 1260. The fourth-order valence-electron chi connectivity index (χ4n) is 4.59. The molecular formula is C26H30N4O5. The normalized spacial score (nSPS) is 15.5. The van der Waals surface area contributed by atoms with Crippen LogP contribution in [0.25, 0.3) is 10.8 Å². The maximum atomic E-state index is 9.82. The molecule has 2 heterocycles. The number of aryl methyl sites for hydroxylation is 1. The van der Waals surface area contributed by atoms with Crippen molar-refractivity contribution < 1.29 is 23.7 Å². The number of anilines is 1. The molecule has 184 valence electrons. The SMILES string of the molecule is COc1cc2c(N3CCNC(c4cc(OC)c(OC)c(OC)c4)C3)nc(C)c(C#N)c2cc1OC. The van der Waals surface area contributed by atoms with Crippen LogP contribution < -0.4 is 33.9 Å². The highest BCUT2D eigenvalue weighted by atomic mass is 16.5. The van der Waals surface area contributed by atoms with Gasteiger partial charge >= 0.3 is 0 Å². The van der Waals surface area contributed by atoms with Crippen molar-refractivity contribution in [2.45, 2.75) is 13.0 Å². The number of hydrogen-bond donors (Lipinski definition) is 1. The molecule has 4 rings (SSSR count). The first-order chi connectivity index (χ1) is 17.0. The van der Waals surface area contributed by atoms with E-state index in [0.29, 0.717) is 46.5 Å². The molecule has 1 aliphatic rings. The number of methoxy groups -OCH3 is 5. The first kappa shape index (κ1) is 24.2. The number of pyridine rings is 1. The molecule has 1 saturated heterocycles. The monoisotopic (exact) mass is 478 g/mol. The maximum absolute atomic E-state index is 9.82. The minimum atomic E-state index is -0.00889. The Balaban J connectivity index is 1.80. The first-order valence-electron chi connectivity index (χ1n) is 11.2. The van der Waals surface area contributed by atoms with Crippen molar-refractivity contribution in [3.8, 4) is 34.8 Å². The molecule has 9 heteroatoms. The van der Waals surface area contributed by atoms with Gasteiger partial charge in [-0.15, -0.1) is 0 Å². The first-order valence-corrected chi connectivity index (χ1v) is 11.2. The molecule has 0 aliphatic carbocycles. The van der Waals surface area contributed by atoms with Crippen molar-refractivity contribution in [3.63, 3.8) is 0 Å². The highest BCUT2D eigenvalue weighted by Crippen LogP contribution is 2.41. The molecule has 1 fully saturated rings. The Kier molecular flexibility index (Phi) is 7.03. The van der Waals surface area contributed by atoms with E-state index in [-0.39, 0.29) is 6.04 Å². The molecule has 9 nitrogen and oxygen atoms in total. The summed E-state index contributed by atoms with van der Waals surface area (Å²) in [6.45, 7) is 4.01. The van der Waals surface area contributed by atoms with E-state index in [4.69, 9.17) is 28.7 Å². The molecular weight excluding hydrogens is 448 g/mol. The van der Waals surface area contributed by atoms with Gasteiger partial charge in [0, 0.05) is 30.4 Å². The number of hydrogen-bond acceptors (Lipinski definition) is 9. The number of aromatic nitrogens is 1. The van der Waals surface area contributed by atoms with Crippen molar-refractivity contribution in [2.75, 3.05) is 60.1 Å². The number of ether oxygens (including phenoxy) is 5. The van der Waals surface area contributed by atoms with Crippen molar-refractivity contribution >= 4 is 16.6 Å². The Morgan fingerprint density at radius 2 is 1.49 bits per heavy atom. The van der Waals surface area contributed by atoms with Gasteiger partial charge in [-0.1, -0.05) is 0 Å². The van der Waals surface area contributed by atoms with Gasteiger partial charge < -0.3 is 33.9 Å². The van der Waals surface area contributed by atoms with Gasteiger partial charge in [0.2, 0.25) is 5.75 Å². The number of benzene rings is 2. The van der Waals surface area contributed by atoms with Crippen LogP contribution in [0.15, 0.2) is 24.3 Å². The highest BCUT2D eigenvalue weighted by Gasteiger charge is 2.27. The van der Waals surface area contributed by atoms with E-state index in [0.717, 1.165) is 35.2 Å². The van der Waals surface area contributed by atoms with Gasteiger partial charge in [-0.05, 0) is 36.8 Å². The van der Waals surface area contributed by atoms with Gasteiger partial charge in [-0.3, -0.25) is 0 Å². The summed E-state index contributed by atoms with van der Waals surface area (Å²) in [6.07, 6.45) is 0. The standard InChI is InChI=1S/C26H30N4O5/c1-15-19(13-27)17-11-21(31-2)22(32-3)12-18(17)26(29-15)30-8-7-28-20(14-30)16-9-23(33-4)25(35-6)24(10-16)34-5/h9-12,20,28H,7-8,14H2,1-6H3. The van der Waals surface area contributed by atoms with Crippen LogP contribution in [0.3, 0.4) is 0 Å². The average Bonchev–Trinajstić information content (AvgIpc) is 2.90. The summed E-state index contributed by atoms with van der Waals surface area (Å²) in [7, 11) is 8.00. The van der Waals surface area contributed by atoms with Crippen LogP contribution in [-0.4, -0.2) is 60.2 Å². The van der Waals surface area contributed by atoms with Crippen LogP contribution in [0.1, 0.15) is 22.9 Å². The second-order valence-corrected chi connectivity index (χ2v) is 8.17. The molecule has 1 aliphatic heterocycles. The zero-order valence-corrected chi connectivity index (χ0v) is 20.9. The minimum absolute atomic E-state index is 0.00889. The van der Waals surface area contributed by atoms with Crippen molar-refractivity contribution in [1.82, 2.24) is 10.3 Å². The largest absolute Gasteiger partial charge is 0.493 e. The Labute approximate surface area is 205 Å². The van der Waals surface area contributed by atoms with Gasteiger partial charge in [0.15, 0.2) is 23.0 Å². The lowest BCUT2D eigenvalue weighted by molar-refractivity contribution is 0.322. The summed E-state index contributed by atoms with van der Waals surface area (Å²) in [5.74, 6) is 3.74. The smallest absolute Gasteiger partial charge is 0.203 e. The fourth-order valence-corrected chi connectivity index (χ4v) is 4.59. The van der Waals surface area contributed by atoms with Crippen molar-refractivity contribution in [2.24, 2.45) is 0 Å². The number of rotatable bonds is 7. The van der Waals surface area contributed by atoms with E-state index in [9.17, 15) is 5.26 Å². The van der Waals surface area contributed by atoms with Gasteiger partial charge in [0.25, 0.3) is 0 Å².